The van der Waals surface area contributed by atoms with Crippen molar-refractivity contribution in [2.75, 3.05) is 13.6 Å². The van der Waals surface area contributed by atoms with Crippen LogP contribution in [0.5, 0.6) is 0 Å². The van der Waals surface area contributed by atoms with E-state index in [9.17, 15) is 4.39 Å². The molecule has 0 aliphatic carbocycles. The lowest BCUT2D eigenvalue weighted by atomic mass is 9.91. The number of rotatable bonds is 5. The topological polar surface area (TPSA) is 12.0 Å². The Labute approximate surface area is 128 Å². The predicted octanol–water partition coefficient (Wildman–Crippen LogP) is 4.44. The van der Waals surface area contributed by atoms with E-state index in [0.717, 1.165) is 18.5 Å². The van der Waals surface area contributed by atoms with Crippen LogP contribution in [0, 0.1) is 12.7 Å². The van der Waals surface area contributed by atoms with E-state index in [2.05, 4.69) is 52.4 Å². The molecule has 106 valence electrons. The molecule has 2 aromatic carbocycles. The van der Waals surface area contributed by atoms with Crippen LogP contribution in [0.25, 0.3) is 0 Å². The summed E-state index contributed by atoms with van der Waals surface area (Å²) >= 11 is 3.25. The Morgan fingerprint density at radius 1 is 1.15 bits per heavy atom. The van der Waals surface area contributed by atoms with Gasteiger partial charge in [-0.3, -0.25) is 0 Å². The van der Waals surface area contributed by atoms with Crippen molar-refractivity contribution in [3.05, 3.63) is 69.4 Å². The van der Waals surface area contributed by atoms with Gasteiger partial charge in [-0.05, 0) is 59.6 Å². The molecule has 0 fully saturated rings. The van der Waals surface area contributed by atoms with E-state index in [1.807, 2.05) is 19.2 Å². The molecule has 0 bridgehead atoms. The lowest BCUT2D eigenvalue weighted by molar-refractivity contribution is 0.611. The second-order valence-corrected chi connectivity index (χ2v) is 5.97. The third-order valence-electron chi connectivity index (χ3n) is 3.47. The first-order valence-corrected chi connectivity index (χ1v) is 7.54. The maximum atomic E-state index is 13.3. The van der Waals surface area contributed by atoms with Gasteiger partial charge in [0.25, 0.3) is 0 Å². The van der Waals surface area contributed by atoms with Gasteiger partial charge < -0.3 is 5.32 Å². The van der Waals surface area contributed by atoms with Gasteiger partial charge in [0.05, 0.1) is 4.47 Å². The summed E-state index contributed by atoms with van der Waals surface area (Å²) in [6.07, 6.45) is 0.892. The molecule has 0 amide bonds. The van der Waals surface area contributed by atoms with Gasteiger partial charge in [-0.25, -0.2) is 4.39 Å². The molecule has 0 heterocycles. The molecule has 1 unspecified atom stereocenters. The zero-order valence-electron chi connectivity index (χ0n) is 11.8. The molecule has 0 radical (unpaired) electrons. The van der Waals surface area contributed by atoms with E-state index in [1.165, 1.54) is 17.2 Å². The lowest BCUT2D eigenvalue weighted by Gasteiger charge is -2.18. The van der Waals surface area contributed by atoms with Crippen molar-refractivity contribution < 1.29 is 4.39 Å². The normalized spacial score (nSPS) is 12.4. The van der Waals surface area contributed by atoms with Crippen LogP contribution in [0.15, 0.2) is 46.9 Å². The molecule has 0 aliphatic heterocycles. The first kappa shape index (κ1) is 15.2. The molecule has 0 aliphatic rings. The molecule has 1 atom stereocenters. The predicted molar refractivity (Wildman–Crippen MR) is 85.7 cm³/mol. The van der Waals surface area contributed by atoms with E-state index in [4.69, 9.17) is 0 Å². The minimum absolute atomic E-state index is 0.214. The first-order valence-electron chi connectivity index (χ1n) is 6.75. The third-order valence-corrected chi connectivity index (χ3v) is 4.07. The molecule has 2 rings (SSSR count). The molecule has 3 heteroatoms. The smallest absolute Gasteiger partial charge is 0.137 e. The SMILES string of the molecule is CNCC(Cc1ccc(F)c(Br)c1)c1ccc(C)cc1. The Hall–Kier alpha value is -1.19. The van der Waals surface area contributed by atoms with E-state index in [-0.39, 0.29) is 5.82 Å². The van der Waals surface area contributed by atoms with Crippen LogP contribution >= 0.6 is 15.9 Å². The second kappa shape index (κ2) is 7.00. The number of hydrogen-bond donors (Lipinski definition) is 1. The molecule has 0 saturated heterocycles. The summed E-state index contributed by atoms with van der Waals surface area (Å²) in [6, 6.07) is 13.9. The van der Waals surface area contributed by atoms with E-state index < -0.39 is 0 Å². The second-order valence-electron chi connectivity index (χ2n) is 5.12. The Morgan fingerprint density at radius 2 is 1.85 bits per heavy atom. The van der Waals surface area contributed by atoms with Gasteiger partial charge in [-0.2, -0.15) is 0 Å². The van der Waals surface area contributed by atoms with E-state index in [0.29, 0.717) is 10.4 Å². The highest BCUT2D eigenvalue weighted by Gasteiger charge is 2.12. The fourth-order valence-corrected chi connectivity index (χ4v) is 2.77. The largest absolute Gasteiger partial charge is 0.319 e. The summed E-state index contributed by atoms with van der Waals surface area (Å²) in [4.78, 5) is 0. The molecular weight excluding hydrogens is 317 g/mol. The molecule has 0 spiro atoms. The summed E-state index contributed by atoms with van der Waals surface area (Å²) in [5.74, 6) is 0.173. The lowest BCUT2D eigenvalue weighted by Crippen LogP contribution is -2.19. The number of hydrogen-bond acceptors (Lipinski definition) is 1. The van der Waals surface area contributed by atoms with Gasteiger partial charge in [0.15, 0.2) is 0 Å². The van der Waals surface area contributed by atoms with Crippen molar-refractivity contribution in [1.29, 1.82) is 0 Å². The van der Waals surface area contributed by atoms with Crippen LogP contribution in [0.2, 0.25) is 0 Å². The van der Waals surface area contributed by atoms with Crippen molar-refractivity contribution in [2.24, 2.45) is 0 Å². The van der Waals surface area contributed by atoms with Gasteiger partial charge in [-0.15, -0.1) is 0 Å². The van der Waals surface area contributed by atoms with Crippen molar-refractivity contribution in [3.63, 3.8) is 0 Å². The standard InChI is InChI=1S/C17H19BrFN/c1-12-3-6-14(7-4-12)15(11-20-2)9-13-5-8-17(19)16(18)10-13/h3-8,10,15,20H,9,11H2,1-2H3. The van der Waals surface area contributed by atoms with Crippen LogP contribution in [0.4, 0.5) is 4.39 Å². The molecule has 20 heavy (non-hydrogen) atoms. The number of benzene rings is 2. The fraction of sp³-hybridized carbons (Fsp3) is 0.294. The first-order chi connectivity index (χ1) is 9.60. The molecule has 1 N–H and O–H groups in total. The van der Waals surface area contributed by atoms with Crippen LogP contribution in [-0.2, 0) is 6.42 Å². The summed E-state index contributed by atoms with van der Waals surface area (Å²) < 4.78 is 13.8. The highest BCUT2D eigenvalue weighted by molar-refractivity contribution is 9.10. The Balaban J connectivity index is 2.20. The van der Waals surface area contributed by atoms with Gasteiger partial charge in [0.1, 0.15) is 5.82 Å². The monoisotopic (exact) mass is 335 g/mol. The number of likely N-dealkylation sites (N-methyl/N-ethyl adjacent to an activating group) is 1. The highest BCUT2D eigenvalue weighted by atomic mass is 79.9. The number of nitrogens with one attached hydrogen (secondary N) is 1. The summed E-state index contributed by atoms with van der Waals surface area (Å²) in [6.45, 7) is 2.99. The van der Waals surface area contributed by atoms with Gasteiger partial charge >= 0.3 is 0 Å². The molecule has 1 nitrogen and oxygen atoms in total. The Morgan fingerprint density at radius 3 is 2.45 bits per heavy atom. The minimum atomic E-state index is -0.214. The molecule has 2 aromatic rings. The van der Waals surface area contributed by atoms with E-state index >= 15 is 0 Å². The van der Waals surface area contributed by atoms with Crippen LogP contribution in [0.3, 0.4) is 0 Å². The average molecular weight is 336 g/mol. The average Bonchev–Trinajstić information content (AvgIpc) is 2.43. The quantitative estimate of drug-likeness (QED) is 0.851. The van der Waals surface area contributed by atoms with Crippen molar-refractivity contribution in [3.8, 4) is 0 Å². The minimum Gasteiger partial charge on any atom is -0.319 e. The maximum Gasteiger partial charge on any atom is 0.137 e. The maximum absolute atomic E-state index is 13.3. The highest BCUT2D eigenvalue weighted by Crippen LogP contribution is 2.24. The summed E-state index contributed by atoms with van der Waals surface area (Å²) in [5.41, 5.74) is 3.71. The van der Waals surface area contributed by atoms with Gasteiger partial charge in [0.2, 0.25) is 0 Å². The Kier molecular flexibility index (Phi) is 5.32. The van der Waals surface area contributed by atoms with E-state index in [1.54, 1.807) is 0 Å². The Bertz CT molecular complexity index is 566. The van der Waals surface area contributed by atoms with Crippen molar-refractivity contribution in [1.82, 2.24) is 5.32 Å². The van der Waals surface area contributed by atoms with Crippen LogP contribution < -0.4 is 5.32 Å². The zero-order valence-corrected chi connectivity index (χ0v) is 13.4. The van der Waals surface area contributed by atoms with Gasteiger partial charge in [0, 0.05) is 12.5 Å². The zero-order chi connectivity index (χ0) is 14.5. The van der Waals surface area contributed by atoms with Crippen molar-refractivity contribution in [2.45, 2.75) is 19.3 Å². The number of halogens is 2. The molecule has 0 aromatic heterocycles. The number of aryl methyl sites for hydroxylation is 1. The van der Waals surface area contributed by atoms with Gasteiger partial charge in [-0.1, -0.05) is 35.9 Å². The summed E-state index contributed by atoms with van der Waals surface area (Å²) in [5, 5.41) is 3.24. The van der Waals surface area contributed by atoms with Crippen LogP contribution in [0.1, 0.15) is 22.6 Å². The van der Waals surface area contributed by atoms with Crippen LogP contribution in [-0.4, -0.2) is 13.6 Å². The fourth-order valence-electron chi connectivity index (χ4n) is 2.34. The third kappa shape index (κ3) is 3.90. The molecular formula is C17H19BrFN. The van der Waals surface area contributed by atoms with Crippen molar-refractivity contribution >= 4 is 15.9 Å². The summed E-state index contributed by atoms with van der Waals surface area (Å²) in [7, 11) is 1.96. The molecule has 0 saturated carbocycles.